The lowest BCUT2D eigenvalue weighted by Crippen LogP contribution is -2.49. The molecule has 1 aliphatic carbocycles. The lowest BCUT2D eigenvalue weighted by molar-refractivity contribution is -0.139. The smallest absolute Gasteiger partial charge is 0.223 e. The standard InChI is InChI=1S/C23H29ClN4O/c24-20-4-1-3-19(13-20)23(16-25)10-7-18(8-11-23)21-5-2-6-22(29)28(21)15-17-9-12-26-27-14-17/h1,3-4,9,12-14,18,21H,2,5-8,10-11,15-16,25H2. The number of rotatable bonds is 5. The van der Waals surface area contributed by atoms with Crippen LogP contribution in [0.4, 0.5) is 0 Å². The molecule has 0 spiro atoms. The summed E-state index contributed by atoms with van der Waals surface area (Å²) in [7, 11) is 0. The molecule has 1 saturated heterocycles. The van der Waals surface area contributed by atoms with Crippen LogP contribution in [0.25, 0.3) is 0 Å². The maximum absolute atomic E-state index is 12.7. The van der Waals surface area contributed by atoms with Crippen molar-refractivity contribution in [3.05, 3.63) is 58.9 Å². The van der Waals surface area contributed by atoms with Crippen LogP contribution >= 0.6 is 11.6 Å². The van der Waals surface area contributed by atoms with Crippen molar-refractivity contribution in [2.75, 3.05) is 6.54 Å². The van der Waals surface area contributed by atoms with Gasteiger partial charge in [-0.25, -0.2) is 0 Å². The largest absolute Gasteiger partial charge is 0.335 e. The minimum atomic E-state index is -0.0000742. The first-order valence-corrected chi connectivity index (χ1v) is 11.0. The Hall–Kier alpha value is -1.98. The first-order chi connectivity index (χ1) is 14.1. The fraction of sp³-hybridized carbons (Fsp3) is 0.522. The summed E-state index contributed by atoms with van der Waals surface area (Å²) in [6.45, 7) is 1.27. The zero-order valence-corrected chi connectivity index (χ0v) is 17.5. The van der Waals surface area contributed by atoms with Gasteiger partial charge in [-0.3, -0.25) is 4.79 Å². The Labute approximate surface area is 177 Å². The van der Waals surface area contributed by atoms with E-state index < -0.39 is 0 Å². The van der Waals surface area contributed by atoms with Crippen molar-refractivity contribution in [2.45, 2.75) is 62.9 Å². The number of halogens is 1. The molecule has 1 atom stereocenters. The van der Waals surface area contributed by atoms with Crippen LogP contribution in [0.15, 0.2) is 42.7 Å². The molecule has 5 nitrogen and oxygen atoms in total. The molecule has 0 radical (unpaired) electrons. The Kier molecular flexibility index (Phi) is 6.16. The zero-order valence-electron chi connectivity index (χ0n) is 16.8. The summed E-state index contributed by atoms with van der Waals surface area (Å²) in [5, 5.41) is 8.59. The van der Waals surface area contributed by atoms with Crippen molar-refractivity contribution in [3.8, 4) is 0 Å². The summed E-state index contributed by atoms with van der Waals surface area (Å²) >= 11 is 6.25. The molecule has 2 fully saturated rings. The van der Waals surface area contributed by atoms with Gasteiger partial charge in [0.15, 0.2) is 0 Å². The molecule has 2 heterocycles. The van der Waals surface area contributed by atoms with Crippen molar-refractivity contribution in [3.63, 3.8) is 0 Å². The van der Waals surface area contributed by atoms with E-state index in [0.717, 1.165) is 49.1 Å². The van der Waals surface area contributed by atoms with E-state index >= 15 is 0 Å². The van der Waals surface area contributed by atoms with E-state index in [9.17, 15) is 4.79 Å². The van der Waals surface area contributed by atoms with Crippen molar-refractivity contribution in [2.24, 2.45) is 11.7 Å². The van der Waals surface area contributed by atoms with Gasteiger partial charge >= 0.3 is 0 Å². The van der Waals surface area contributed by atoms with Gasteiger partial charge in [-0.1, -0.05) is 23.7 Å². The molecule has 1 unspecified atom stereocenters. The predicted octanol–water partition coefficient (Wildman–Crippen LogP) is 4.10. The van der Waals surface area contributed by atoms with Gasteiger partial charge in [0, 0.05) is 42.2 Å². The van der Waals surface area contributed by atoms with E-state index in [1.54, 1.807) is 12.4 Å². The summed E-state index contributed by atoms with van der Waals surface area (Å²) in [6.07, 6.45) is 10.5. The minimum Gasteiger partial charge on any atom is -0.335 e. The average molecular weight is 413 g/mol. The number of hydrogen-bond acceptors (Lipinski definition) is 4. The summed E-state index contributed by atoms with van der Waals surface area (Å²) < 4.78 is 0. The quantitative estimate of drug-likeness (QED) is 0.802. The third kappa shape index (κ3) is 4.31. The molecule has 0 bridgehead atoms. The Balaban J connectivity index is 1.49. The summed E-state index contributed by atoms with van der Waals surface area (Å²) in [5.74, 6) is 0.788. The summed E-state index contributed by atoms with van der Waals surface area (Å²) in [5.41, 5.74) is 8.58. The third-order valence-electron chi connectivity index (χ3n) is 6.97. The van der Waals surface area contributed by atoms with Gasteiger partial charge in [0.25, 0.3) is 0 Å². The number of amides is 1. The first kappa shape index (κ1) is 20.3. The fourth-order valence-corrected chi connectivity index (χ4v) is 5.45. The maximum Gasteiger partial charge on any atom is 0.223 e. The highest BCUT2D eigenvalue weighted by Crippen LogP contribution is 2.44. The second kappa shape index (κ2) is 8.80. The van der Waals surface area contributed by atoms with Crippen LogP contribution in [0.3, 0.4) is 0 Å². The number of hydrogen-bond donors (Lipinski definition) is 1. The summed E-state index contributed by atoms with van der Waals surface area (Å²) in [4.78, 5) is 14.8. The van der Waals surface area contributed by atoms with Crippen molar-refractivity contribution in [1.29, 1.82) is 0 Å². The maximum atomic E-state index is 12.7. The Morgan fingerprint density at radius 1 is 1.17 bits per heavy atom. The number of carbonyl (C=O) groups excluding carboxylic acids is 1. The minimum absolute atomic E-state index is 0.0000742. The molecule has 1 aliphatic heterocycles. The molecule has 29 heavy (non-hydrogen) atoms. The molecule has 6 heteroatoms. The average Bonchev–Trinajstić information content (AvgIpc) is 2.76. The van der Waals surface area contributed by atoms with Crippen LogP contribution in [-0.4, -0.2) is 33.6 Å². The summed E-state index contributed by atoms with van der Waals surface area (Å²) in [6, 6.07) is 10.4. The number of likely N-dealkylation sites (tertiary alicyclic amines) is 1. The first-order valence-electron chi connectivity index (χ1n) is 10.6. The number of nitrogens with zero attached hydrogens (tertiary/aromatic N) is 3. The number of benzene rings is 1. The topological polar surface area (TPSA) is 72.1 Å². The van der Waals surface area contributed by atoms with E-state index in [2.05, 4.69) is 27.2 Å². The molecule has 1 aromatic carbocycles. The van der Waals surface area contributed by atoms with Crippen molar-refractivity contribution >= 4 is 17.5 Å². The molecule has 2 aliphatic rings. The van der Waals surface area contributed by atoms with E-state index in [4.69, 9.17) is 17.3 Å². The third-order valence-corrected chi connectivity index (χ3v) is 7.20. The molecule has 1 aromatic heterocycles. The normalized spacial score (nSPS) is 27.8. The van der Waals surface area contributed by atoms with Gasteiger partial charge in [0.1, 0.15) is 0 Å². The van der Waals surface area contributed by atoms with Crippen LogP contribution in [0.2, 0.25) is 5.02 Å². The van der Waals surface area contributed by atoms with Crippen LogP contribution in [-0.2, 0) is 16.8 Å². The Morgan fingerprint density at radius 3 is 2.69 bits per heavy atom. The number of aromatic nitrogens is 2. The van der Waals surface area contributed by atoms with Gasteiger partial charge in [-0.05, 0) is 73.8 Å². The monoisotopic (exact) mass is 412 g/mol. The molecule has 4 rings (SSSR count). The zero-order chi connectivity index (χ0) is 20.3. The van der Waals surface area contributed by atoms with Gasteiger partial charge in [-0.2, -0.15) is 10.2 Å². The molecule has 2 aromatic rings. The SMILES string of the molecule is NCC1(c2cccc(Cl)c2)CCC(C2CCCC(=O)N2Cc2ccnnc2)CC1. The molecule has 2 N–H and O–H groups in total. The number of carbonyl (C=O) groups is 1. The van der Waals surface area contributed by atoms with E-state index in [-0.39, 0.29) is 11.3 Å². The number of piperidine rings is 1. The highest BCUT2D eigenvalue weighted by atomic mass is 35.5. The molecular formula is C23H29ClN4O. The van der Waals surface area contributed by atoms with Gasteiger partial charge in [0.2, 0.25) is 5.91 Å². The van der Waals surface area contributed by atoms with Crippen LogP contribution < -0.4 is 5.73 Å². The van der Waals surface area contributed by atoms with Crippen LogP contribution in [0, 0.1) is 5.92 Å². The predicted molar refractivity (Wildman–Crippen MR) is 114 cm³/mol. The number of nitrogens with two attached hydrogens (primary N) is 1. The Bertz CT molecular complexity index is 836. The second-order valence-electron chi connectivity index (χ2n) is 8.56. The van der Waals surface area contributed by atoms with Gasteiger partial charge < -0.3 is 10.6 Å². The van der Waals surface area contributed by atoms with Gasteiger partial charge in [0.05, 0.1) is 6.20 Å². The van der Waals surface area contributed by atoms with Crippen LogP contribution in [0.5, 0.6) is 0 Å². The second-order valence-corrected chi connectivity index (χ2v) is 9.00. The van der Waals surface area contributed by atoms with E-state index in [0.29, 0.717) is 31.5 Å². The van der Waals surface area contributed by atoms with Crippen molar-refractivity contribution < 1.29 is 4.79 Å². The molecule has 154 valence electrons. The fourth-order valence-electron chi connectivity index (χ4n) is 5.26. The van der Waals surface area contributed by atoms with E-state index in [1.165, 1.54) is 5.56 Å². The van der Waals surface area contributed by atoms with E-state index in [1.807, 2.05) is 18.2 Å². The lowest BCUT2D eigenvalue weighted by Gasteiger charge is -2.46. The lowest BCUT2D eigenvalue weighted by atomic mass is 9.64. The highest BCUT2D eigenvalue weighted by molar-refractivity contribution is 6.30. The molecular weight excluding hydrogens is 384 g/mol. The van der Waals surface area contributed by atoms with Crippen molar-refractivity contribution in [1.82, 2.24) is 15.1 Å². The Morgan fingerprint density at radius 2 is 2.00 bits per heavy atom. The van der Waals surface area contributed by atoms with Crippen LogP contribution in [0.1, 0.15) is 56.1 Å². The molecule has 1 amide bonds. The highest BCUT2D eigenvalue weighted by Gasteiger charge is 2.41. The molecule has 1 saturated carbocycles. The van der Waals surface area contributed by atoms with Gasteiger partial charge in [-0.15, -0.1) is 0 Å².